The van der Waals surface area contributed by atoms with Gasteiger partial charge in [-0.15, -0.1) is 0 Å². The van der Waals surface area contributed by atoms with E-state index in [1.165, 1.54) is 17.0 Å². The molecular formula is C11H14N4O5. The molecule has 2 aromatic rings. The molecule has 4 atom stereocenters. The molecule has 1 aliphatic heterocycles. The molecule has 0 bridgehead atoms. The summed E-state index contributed by atoms with van der Waals surface area (Å²) in [4.78, 5) is 18.4. The zero-order valence-electron chi connectivity index (χ0n) is 10.3. The van der Waals surface area contributed by atoms with Gasteiger partial charge in [-0.1, -0.05) is 0 Å². The Hall–Kier alpha value is -1.94. The molecule has 0 unspecified atom stereocenters. The zero-order chi connectivity index (χ0) is 14.4. The van der Waals surface area contributed by atoms with Crippen LogP contribution < -0.4 is 11.2 Å². The molecule has 0 aromatic carbocycles. The van der Waals surface area contributed by atoms with Gasteiger partial charge < -0.3 is 30.8 Å². The molecule has 3 heterocycles. The summed E-state index contributed by atoms with van der Waals surface area (Å²) in [6.45, 7) is -0.431. The van der Waals surface area contributed by atoms with E-state index in [0.717, 1.165) is 0 Å². The van der Waals surface area contributed by atoms with Gasteiger partial charge in [-0.05, 0) is 0 Å². The van der Waals surface area contributed by atoms with Crippen LogP contribution in [-0.4, -0.2) is 54.8 Å². The Morgan fingerprint density at radius 2 is 2.20 bits per heavy atom. The van der Waals surface area contributed by atoms with Crippen LogP contribution in [0.25, 0.3) is 11.2 Å². The molecule has 1 saturated heterocycles. The summed E-state index contributed by atoms with van der Waals surface area (Å²) in [6, 6.07) is 1.21. The lowest BCUT2D eigenvalue weighted by Gasteiger charge is -2.16. The first-order valence-corrected chi connectivity index (χ1v) is 6.00. The minimum Gasteiger partial charge on any atom is -0.394 e. The largest absolute Gasteiger partial charge is 0.394 e. The van der Waals surface area contributed by atoms with Crippen molar-refractivity contribution in [2.24, 2.45) is 0 Å². The van der Waals surface area contributed by atoms with Crippen molar-refractivity contribution in [3.63, 3.8) is 0 Å². The van der Waals surface area contributed by atoms with Gasteiger partial charge in [-0.3, -0.25) is 9.36 Å². The lowest BCUT2D eigenvalue weighted by molar-refractivity contribution is -0.0511. The van der Waals surface area contributed by atoms with Crippen molar-refractivity contribution < 1.29 is 20.1 Å². The lowest BCUT2D eigenvalue weighted by Crippen LogP contribution is -2.33. The van der Waals surface area contributed by atoms with Crippen LogP contribution in [0.3, 0.4) is 0 Å². The second kappa shape index (κ2) is 4.56. The minimum absolute atomic E-state index is 0.149. The first-order chi connectivity index (χ1) is 9.52. The number of aliphatic hydroxyl groups is 3. The van der Waals surface area contributed by atoms with Gasteiger partial charge >= 0.3 is 0 Å². The Balaban J connectivity index is 2.09. The van der Waals surface area contributed by atoms with Gasteiger partial charge in [0.25, 0.3) is 0 Å². The number of H-pyrrole nitrogens is 1. The number of nitrogens with zero attached hydrogens (tertiary/aromatic N) is 2. The van der Waals surface area contributed by atoms with Crippen LogP contribution in [0.1, 0.15) is 6.23 Å². The molecular weight excluding hydrogens is 268 g/mol. The monoisotopic (exact) mass is 282 g/mol. The van der Waals surface area contributed by atoms with E-state index < -0.39 is 31.1 Å². The number of aromatic amines is 1. The first-order valence-electron chi connectivity index (χ1n) is 6.00. The molecule has 0 amide bonds. The van der Waals surface area contributed by atoms with Crippen LogP contribution >= 0.6 is 0 Å². The van der Waals surface area contributed by atoms with E-state index in [-0.39, 0.29) is 22.4 Å². The van der Waals surface area contributed by atoms with Crippen molar-refractivity contribution in [3.8, 4) is 0 Å². The lowest BCUT2D eigenvalue weighted by atomic mass is 10.1. The number of imidazole rings is 1. The number of rotatable bonds is 2. The maximum atomic E-state index is 11.7. The molecule has 9 nitrogen and oxygen atoms in total. The summed E-state index contributed by atoms with van der Waals surface area (Å²) in [5.74, 6) is 0.149. The third kappa shape index (κ3) is 1.79. The van der Waals surface area contributed by atoms with Crippen LogP contribution in [0, 0.1) is 0 Å². The van der Waals surface area contributed by atoms with Gasteiger partial charge in [0.05, 0.1) is 12.9 Å². The highest BCUT2D eigenvalue weighted by Crippen LogP contribution is 2.30. The SMILES string of the molecule is Nc1cc(=O)c2ncn([C@@H]3O[C@H](CO)[C@@H](O)[C@H]3O)c2[nH]1. The van der Waals surface area contributed by atoms with Crippen molar-refractivity contribution in [1.29, 1.82) is 0 Å². The maximum Gasteiger partial charge on any atom is 0.211 e. The van der Waals surface area contributed by atoms with Gasteiger partial charge in [0.15, 0.2) is 11.7 Å². The van der Waals surface area contributed by atoms with Crippen LogP contribution in [-0.2, 0) is 4.74 Å². The normalized spacial score (nSPS) is 30.1. The molecule has 6 N–H and O–H groups in total. The molecule has 9 heteroatoms. The second-order valence-corrected chi connectivity index (χ2v) is 4.67. The number of nitrogen functional groups attached to an aromatic ring is 1. The average Bonchev–Trinajstić information content (AvgIpc) is 2.93. The number of pyridine rings is 1. The smallest absolute Gasteiger partial charge is 0.211 e. The summed E-state index contributed by atoms with van der Waals surface area (Å²) < 4.78 is 6.75. The number of hydrogen-bond donors (Lipinski definition) is 5. The Kier molecular flexibility index (Phi) is 2.98. The molecule has 0 saturated carbocycles. The molecule has 0 spiro atoms. The standard InChI is InChI=1S/C11H14N4O5/c12-6-1-4(17)7-10(14-6)15(3-13-7)11-9(19)8(18)5(2-16)20-11/h1,3,5,8-9,11,16,18-19H,2H2,(H3,12,14,17)/t5-,8-,9-,11-/m1/s1. The summed E-state index contributed by atoms with van der Waals surface area (Å²) in [5.41, 5.74) is 5.65. The predicted molar refractivity (Wildman–Crippen MR) is 67.8 cm³/mol. The molecule has 3 rings (SSSR count). The van der Waals surface area contributed by atoms with Gasteiger partial charge in [-0.2, -0.15) is 0 Å². The molecule has 0 aliphatic carbocycles. The summed E-state index contributed by atoms with van der Waals surface area (Å²) in [5, 5.41) is 28.8. The number of hydrogen-bond acceptors (Lipinski definition) is 7. The van der Waals surface area contributed by atoms with Crippen LogP contribution in [0.2, 0.25) is 0 Å². The topological polar surface area (TPSA) is 147 Å². The number of aliphatic hydroxyl groups excluding tert-OH is 3. The number of anilines is 1. The fraction of sp³-hybridized carbons (Fsp3) is 0.455. The highest BCUT2D eigenvalue weighted by atomic mass is 16.6. The first kappa shape index (κ1) is 13.1. The number of nitrogens with two attached hydrogens (primary N) is 1. The van der Waals surface area contributed by atoms with Gasteiger partial charge in [0.2, 0.25) is 5.43 Å². The van der Waals surface area contributed by atoms with Crippen LogP contribution in [0.4, 0.5) is 5.82 Å². The van der Waals surface area contributed by atoms with Gasteiger partial charge in [0, 0.05) is 6.07 Å². The third-order valence-electron chi connectivity index (χ3n) is 3.37. The summed E-state index contributed by atoms with van der Waals surface area (Å²) >= 11 is 0. The molecule has 1 aliphatic rings. The Labute approximate surface area is 112 Å². The van der Waals surface area contributed by atoms with Crippen molar-refractivity contribution in [2.45, 2.75) is 24.5 Å². The average molecular weight is 282 g/mol. The van der Waals surface area contributed by atoms with E-state index in [0.29, 0.717) is 0 Å². The van der Waals surface area contributed by atoms with Gasteiger partial charge in [-0.25, -0.2) is 4.98 Å². The Morgan fingerprint density at radius 1 is 1.45 bits per heavy atom. The van der Waals surface area contributed by atoms with Gasteiger partial charge in [0.1, 0.15) is 29.8 Å². The van der Waals surface area contributed by atoms with Crippen molar-refractivity contribution >= 4 is 17.0 Å². The van der Waals surface area contributed by atoms with E-state index >= 15 is 0 Å². The predicted octanol–water partition coefficient (Wildman–Crippen LogP) is -2.08. The Bertz CT molecular complexity index is 696. The fourth-order valence-corrected chi connectivity index (χ4v) is 2.35. The fourth-order valence-electron chi connectivity index (χ4n) is 2.35. The summed E-state index contributed by atoms with van der Waals surface area (Å²) in [6.07, 6.45) is -3.04. The molecule has 0 radical (unpaired) electrons. The van der Waals surface area contributed by atoms with Crippen molar-refractivity contribution in [3.05, 3.63) is 22.6 Å². The van der Waals surface area contributed by atoms with E-state index in [1.807, 2.05) is 0 Å². The van der Waals surface area contributed by atoms with Crippen LogP contribution in [0.5, 0.6) is 0 Å². The summed E-state index contributed by atoms with van der Waals surface area (Å²) in [7, 11) is 0. The molecule has 1 fully saturated rings. The number of fused-ring (bicyclic) bond motifs is 1. The number of aromatic nitrogens is 3. The van der Waals surface area contributed by atoms with E-state index in [1.54, 1.807) is 0 Å². The van der Waals surface area contributed by atoms with E-state index in [9.17, 15) is 15.0 Å². The highest BCUT2D eigenvalue weighted by Gasteiger charge is 2.43. The van der Waals surface area contributed by atoms with E-state index in [4.69, 9.17) is 15.6 Å². The molecule has 108 valence electrons. The molecule has 20 heavy (non-hydrogen) atoms. The van der Waals surface area contributed by atoms with Crippen molar-refractivity contribution in [2.75, 3.05) is 12.3 Å². The highest BCUT2D eigenvalue weighted by molar-refractivity contribution is 5.72. The second-order valence-electron chi connectivity index (χ2n) is 4.67. The minimum atomic E-state index is -1.26. The molecule has 2 aromatic heterocycles. The number of ether oxygens (including phenoxy) is 1. The third-order valence-corrected chi connectivity index (χ3v) is 3.37. The maximum absolute atomic E-state index is 11.7. The van der Waals surface area contributed by atoms with E-state index in [2.05, 4.69) is 9.97 Å². The van der Waals surface area contributed by atoms with Crippen LogP contribution in [0.15, 0.2) is 17.2 Å². The quantitative estimate of drug-likeness (QED) is 0.424. The number of nitrogens with one attached hydrogen (secondary N) is 1. The Morgan fingerprint density at radius 3 is 2.85 bits per heavy atom. The van der Waals surface area contributed by atoms with Crippen molar-refractivity contribution in [1.82, 2.24) is 14.5 Å². The zero-order valence-corrected chi connectivity index (χ0v) is 10.3.